The van der Waals surface area contributed by atoms with Crippen LogP contribution in [0.25, 0.3) is 0 Å². The van der Waals surface area contributed by atoms with Gasteiger partial charge in [-0.05, 0) is 24.3 Å². The molecule has 178 valence electrons. The molecular formula is C22H28N4O7. The summed E-state index contributed by atoms with van der Waals surface area (Å²) in [5.74, 6) is 1.77. The van der Waals surface area contributed by atoms with Gasteiger partial charge < -0.3 is 39.8 Å². The van der Waals surface area contributed by atoms with Crippen molar-refractivity contribution < 1.29 is 33.6 Å². The van der Waals surface area contributed by atoms with E-state index in [0.29, 0.717) is 28.6 Å². The van der Waals surface area contributed by atoms with Crippen LogP contribution in [0.1, 0.15) is 11.7 Å². The lowest BCUT2D eigenvalue weighted by Crippen LogP contribution is -2.41. The van der Waals surface area contributed by atoms with Gasteiger partial charge in [-0.2, -0.15) is 10.2 Å². The van der Waals surface area contributed by atoms with E-state index in [1.54, 1.807) is 42.5 Å². The second kappa shape index (κ2) is 10.8. The van der Waals surface area contributed by atoms with Crippen molar-refractivity contribution in [3.8, 4) is 23.0 Å². The number of carbonyl (C=O) groups is 1. The highest BCUT2D eigenvalue weighted by atomic mass is 16.6. The molecule has 2 aromatic rings. The molecule has 11 nitrogen and oxygen atoms in total. The molecule has 0 radical (unpaired) electrons. The third-order valence-electron chi connectivity index (χ3n) is 5.06. The number of hydrogen-bond acceptors (Lipinski definition) is 10. The van der Waals surface area contributed by atoms with Gasteiger partial charge in [-0.1, -0.05) is 18.2 Å². The van der Waals surface area contributed by atoms with Crippen molar-refractivity contribution in [2.75, 3.05) is 41.0 Å². The van der Waals surface area contributed by atoms with Crippen molar-refractivity contribution in [3.05, 3.63) is 48.0 Å². The highest BCUT2D eigenvalue weighted by Crippen LogP contribution is 2.35. The quantitative estimate of drug-likeness (QED) is 0.436. The molecule has 2 aromatic carbocycles. The van der Waals surface area contributed by atoms with Crippen LogP contribution in [0.3, 0.4) is 0 Å². The largest absolute Gasteiger partial charge is 0.493 e. The topological polar surface area (TPSA) is 146 Å². The van der Waals surface area contributed by atoms with Gasteiger partial charge in [0.15, 0.2) is 35.2 Å². The minimum atomic E-state index is -1.01. The summed E-state index contributed by atoms with van der Waals surface area (Å²) >= 11 is 0. The summed E-state index contributed by atoms with van der Waals surface area (Å²) in [7, 11) is 4.52. The molecule has 4 N–H and O–H groups in total. The van der Waals surface area contributed by atoms with Crippen molar-refractivity contribution in [1.82, 2.24) is 5.32 Å². The van der Waals surface area contributed by atoms with E-state index in [-0.39, 0.29) is 13.1 Å². The fourth-order valence-electron chi connectivity index (χ4n) is 3.13. The Morgan fingerprint density at radius 1 is 1.03 bits per heavy atom. The first-order valence-electron chi connectivity index (χ1n) is 10.2. The van der Waals surface area contributed by atoms with Crippen LogP contribution in [0.2, 0.25) is 0 Å². The Bertz CT molecular complexity index is 979. The number of aliphatic hydroxyl groups is 1. The molecule has 1 aliphatic rings. The number of amides is 1. The van der Waals surface area contributed by atoms with Crippen LogP contribution in [0.5, 0.6) is 23.0 Å². The third-order valence-corrected chi connectivity index (χ3v) is 5.06. The monoisotopic (exact) mass is 460 g/mol. The third kappa shape index (κ3) is 5.82. The summed E-state index contributed by atoms with van der Waals surface area (Å²) in [5.41, 5.74) is 5.34. The molecule has 33 heavy (non-hydrogen) atoms. The smallest absolute Gasteiger partial charge is 0.408 e. The first-order valence-corrected chi connectivity index (χ1v) is 10.2. The van der Waals surface area contributed by atoms with E-state index in [9.17, 15) is 9.90 Å². The average Bonchev–Trinajstić information content (AvgIpc) is 3.65. The molecule has 1 heterocycles. The highest BCUT2D eigenvalue weighted by Gasteiger charge is 2.39. The number of rotatable bonds is 12. The predicted octanol–water partition coefficient (Wildman–Crippen LogP) is 2.04. The molecule has 0 bridgehead atoms. The SMILES string of the molecule is COc1ccc(C(OC(=O)NCC2(CN)N=N2)C(CO)Oc2ccccc2OC)cc1OC. The van der Waals surface area contributed by atoms with E-state index in [4.69, 9.17) is 29.4 Å². The summed E-state index contributed by atoms with van der Waals surface area (Å²) in [6.45, 7) is -0.192. The second-order valence-electron chi connectivity index (χ2n) is 7.17. The zero-order valence-corrected chi connectivity index (χ0v) is 18.7. The van der Waals surface area contributed by atoms with Crippen molar-refractivity contribution in [3.63, 3.8) is 0 Å². The van der Waals surface area contributed by atoms with Gasteiger partial charge in [0.25, 0.3) is 0 Å². The number of hydrogen-bond donors (Lipinski definition) is 3. The first-order chi connectivity index (χ1) is 16.0. The van der Waals surface area contributed by atoms with Crippen LogP contribution in [0.4, 0.5) is 4.79 Å². The van der Waals surface area contributed by atoms with Crippen molar-refractivity contribution in [2.24, 2.45) is 16.0 Å². The normalized spacial score (nSPS) is 15.2. The number of aliphatic hydroxyl groups excluding tert-OH is 1. The van der Waals surface area contributed by atoms with Gasteiger partial charge in [0.05, 0.1) is 34.5 Å². The maximum Gasteiger partial charge on any atom is 0.408 e. The second-order valence-corrected chi connectivity index (χ2v) is 7.17. The molecule has 0 aliphatic carbocycles. The molecule has 0 aromatic heterocycles. The van der Waals surface area contributed by atoms with Gasteiger partial charge in [-0.25, -0.2) is 4.79 Å². The highest BCUT2D eigenvalue weighted by molar-refractivity contribution is 5.68. The van der Waals surface area contributed by atoms with Gasteiger partial charge in [0.1, 0.15) is 0 Å². The molecular weight excluding hydrogens is 432 g/mol. The molecule has 0 saturated carbocycles. The summed E-state index contributed by atoms with van der Waals surface area (Å²) in [4.78, 5) is 12.6. The van der Waals surface area contributed by atoms with Crippen LogP contribution in [-0.4, -0.2) is 64.0 Å². The fourth-order valence-corrected chi connectivity index (χ4v) is 3.13. The molecule has 1 amide bonds. The zero-order chi connectivity index (χ0) is 23.8. The van der Waals surface area contributed by atoms with Crippen LogP contribution in [0.15, 0.2) is 52.7 Å². The Kier molecular flexibility index (Phi) is 7.91. The predicted molar refractivity (Wildman–Crippen MR) is 118 cm³/mol. The van der Waals surface area contributed by atoms with E-state index < -0.39 is 30.6 Å². The summed E-state index contributed by atoms with van der Waals surface area (Å²) in [5, 5.41) is 20.5. The van der Waals surface area contributed by atoms with Crippen molar-refractivity contribution in [2.45, 2.75) is 17.9 Å². The number of carbonyl (C=O) groups excluding carboxylic acids is 1. The molecule has 2 unspecified atom stereocenters. The molecule has 3 rings (SSSR count). The Balaban J connectivity index is 1.87. The Hall–Kier alpha value is -3.57. The molecule has 2 atom stereocenters. The van der Waals surface area contributed by atoms with Crippen molar-refractivity contribution >= 4 is 6.09 Å². The standard InChI is InChI=1S/C22H28N4O7/c1-29-15-6-4-5-7-17(15)32-19(11-27)20(14-8-9-16(30-2)18(10-14)31-3)33-21(28)24-13-22(12-23)25-26-22/h4-10,19-20,27H,11-13,23H2,1-3H3,(H,24,28). The number of ether oxygens (including phenoxy) is 5. The van der Waals surface area contributed by atoms with E-state index in [2.05, 4.69) is 15.5 Å². The van der Waals surface area contributed by atoms with Crippen LogP contribution in [-0.2, 0) is 4.74 Å². The number of para-hydroxylation sites is 2. The summed E-state index contributed by atoms with van der Waals surface area (Å²) in [6.07, 6.45) is -2.73. The number of alkyl carbamates (subject to hydrolysis) is 1. The maximum absolute atomic E-state index is 12.6. The number of nitrogens with zero attached hydrogens (tertiary/aromatic N) is 2. The van der Waals surface area contributed by atoms with Crippen LogP contribution >= 0.6 is 0 Å². The van der Waals surface area contributed by atoms with Gasteiger partial charge in [-0.3, -0.25) is 0 Å². The zero-order valence-electron chi connectivity index (χ0n) is 18.7. The first kappa shape index (κ1) is 24.1. The average molecular weight is 460 g/mol. The molecule has 11 heteroatoms. The number of nitrogens with one attached hydrogen (secondary N) is 1. The Morgan fingerprint density at radius 2 is 1.67 bits per heavy atom. The van der Waals surface area contributed by atoms with Crippen molar-refractivity contribution in [1.29, 1.82) is 0 Å². The maximum atomic E-state index is 12.6. The summed E-state index contributed by atoms with van der Waals surface area (Å²) in [6, 6.07) is 12.0. The number of benzene rings is 2. The lowest BCUT2D eigenvalue weighted by Gasteiger charge is -2.28. The molecule has 0 spiro atoms. The minimum absolute atomic E-state index is 0.0954. The summed E-state index contributed by atoms with van der Waals surface area (Å²) < 4.78 is 27.7. The number of methoxy groups -OCH3 is 3. The lowest BCUT2D eigenvalue weighted by atomic mass is 10.0. The van der Waals surface area contributed by atoms with Crippen LogP contribution < -0.4 is 30.0 Å². The van der Waals surface area contributed by atoms with Gasteiger partial charge in [0, 0.05) is 12.1 Å². The van der Waals surface area contributed by atoms with Gasteiger partial charge in [0.2, 0.25) is 5.66 Å². The van der Waals surface area contributed by atoms with E-state index >= 15 is 0 Å². The Labute approximate surface area is 191 Å². The minimum Gasteiger partial charge on any atom is -0.493 e. The molecule has 0 fully saturated rings. The number of nitrogens with two attached hydrogens (primary N) is 1. The van der Waals surface area contributed by atoms with E-state index in [0.717, 1.165) is 0 Å². The van der Waals surface area contributed by atoms with E-state index in [1.165, 1.54) is 21.3 Å². The molecule has 0 saturated heterocycles. The fraction of sp³-hybridized carbons (Fsp3) is 0.409. The van der Waals surface area contributed by atoms with Gasteiger partial charge >= 0.3 is 6.09 Å². The van der Waals surface area contributed by atoms with E-state index in [1.807, 2.05) is 0 Å². The Morgan fingerprint density at radius 3 is 2.24 bits per heavy atom. The molecule has 1 aliphatic heterocycles. The lowest BCUT2D eigenvalue weighted by molar-refractivity contribution is -0.0130. The van der Waals surface area contributed by atoms with Crippen LogP contribution in [0, 0.1) is 0 Å². The van der Waals surface area contributed by atoms with Gasteiger partial charge in [-0.15, -0.1) is 0 Å².